The number of amides is 1. The van der Waals surface area contributed by atoms with Gasteiger partial charge < -0.3 is 14.2 Å². The van der Waals surface area contributed by atoms with Gasteiger partial charge in [0, 0.05) is 12.6 Å². The lowest BCUT2D eigenvalue weighted by atomic mass is 9.89. The molecule has 0 aliphatic carbocycles. The van der Waals surface area contributed by atoms with E-state index >= 15 is 0 Å². The number of nitrogens with zero attached hydrogens (tertiary/aromatic N) is 2. The smallest absolute Gasteiger partial charge is 0.229 e. The summed E-state index contributed by atoms with van der Waals surface area (Å²) in [6.07, 6.45) is 2.51. The Balaban J connectivity index is 1.68. The molecule has 5 nitrogen and oxygen atoms in total. The molecule has 26 heavy (non-hydrogen) atoms. The molecule has 1 atom stereocenters. The number of fused-ring (bicyclic) bond motifs is 1. The number of hydrogen-bond donors (Lipinski definition) is 0. The zero-order valence-corrected chi connectivity index (χ0v) is 14.6. The zero-order valence-electron chi connectivity index (χ0n) is 14.6. The Kier molecular flexibility index (Phi) is 4.44. The van der Waals surface area contributed by atoms with Gasteiger partial charge >= 0.3 is 0 Å². The molecule has 132 valence electrons. The molecule has 3 aromatic rings. The van der Waals surface area contributed by atoms with E-state index < -0.39 is 0 Å². The van der Waals surface area contributed by atoms with Crippen molar-refractivity contribution in [2.45, 2.75) is 25.4 Å². The van der Waals surface area contributed by atoms with E-state index in [0.29, 0.717) is 12.2 Å². The number of carbonyl (C=O) groups excluding carboxylic acids is 1. The van der Waals surface area contributed by atoms with Gasteiger partial charge in [-0.05, 0) is 35.2 Å². The molecule has 4 rings (SSSR count). The molecule has 1 amide bonds. The van der Waals surface area contributed by atoms with Crippen LogP contribution in [0.4, 0.5) is 0 Å². The van der Waals surface area contributed by atoms with Gasteiger partial charge in [0.25, 0.3) is 0 Å². The van der Waals surface area contributed by atoms with E-state index in [9.17, 15) is 4.79 Å². The van der Waals surface area contributed by atoms with Crippen LogP contribution in [0, 0.1) is 0 Å². The average Bonchev–Trinajstić information content (AvgIpc) is 3.20. The summed E-state index contributed by atoms with van der Waals surface area (Å²) in [5.74, 6) is 0.854. The van der Waals surface area contributed by atoms with Crippen molar-refractivity contribution in [3.05, 3.63) is 83.2 Å². The third kappa shape index (κ3) is 3.20. The highest BCUT2D eigenvalue weighted by Gasteiger charge is 2.31. The first-order valence-electron chi connectivity index (χ1n) is 8.64. The van der Waals surface area contributed by atoms with Crippen molar-refractivity contribution in [1.29, 1.82) is 0 Å². The second-order valence-corrected chi connectivity index (χ2v) is 6.45. The van der Waals surface area contributed by atoms with Crippen molar-refractivity contribution in [2.24, 2.45) is 0 Å². The average molecular weight is 348 g/mol. The molecule has 5 heteroatoms. The fourth-order valence-electron chi connectivity index (χ4n) is 3.51. The number of rotatable bonds is 4. The highest BCUT2D eigenvalue weighted by molar-refractivity contribution is 5.79. The predicted octanol–water partition coefficient (Wildman–Crippen LogP) is 3.55. The molecule has 2 heterocycles. The van der Waals surface area contributed by atoms with Crippen LogP contribution < -0.4 is 4.74 Å². The number of hydrogen-bond acceptors (Lipinski definition) is 4. The fraction of sp³-hybridized carbons (Fsp3) is 0.238. The standard InChI is InChI=1S/C21H20N2O3/c1-25-19-8-7-16-12-20(15-5-3-2-4-6-15)23(14-17(16)11-19)21(24)13-18-9-10-26-22-18/h2-11,20H,12-14H2,1H3/t20-/m0/s1. The largest absolute Gasteiger partial charge is 0.497 e. The normalized spacial score (nSPS) is 16.2. The maximum Gasteiger partial charge on any atom is 0.229 e. The molecule has 0 saturated heterocycles. The molecule has 1 aliphatic rings. The highest BCUT2D eigenvalue weighted by Crippen LogP contribution is 2.35. The first-order chi connectivity index (χ1) is 12.7. The van der Waals surface area contributed by atoms with E-state index in [1.165, 1.54) is 11.8 Å². The second-order valence-electron chi connectivity index (χ2n) is 6.45. The van der Waals surface area contributed by atoms with Gasteiger partial charge in [-0.1, -0.05) is 41.6 Å². The number of methoxy groups -OCH3 is 1. The quantitative estimate of drug-likeness (QED) is 0.723. The van der Waals surface area contributed by atoms with Crippen LogP contribution in [-0.2, 0) is 24.2 Å². The summed E-state index contributed by atoms with van der Waals surface area (Å²) in [6, 6.07) is 18.0. The summed E-state index contributed by atoms with van der Waals surface area (Å²) >= 11 is 0. The van der Waals surface area contributed by atoms with Crippen LogP contribution in [0.5, 0.6) is 5.75 Å². The molecule has 0 radical (unpaired) electrons. The number of benzene rings is 2. The van der Waals surface area contributed by atoms with E-state index in [0.717, 1.165) is 23.3 Å². The van der Waals surface area contributed by atoms with Crippen LogP contribution in [0.2, 0.25) is 0 Å². The SMILES string of the molecule is COc1ccc2c(c1)CN(C(=O)Cc1ccon1)[C@H](c1ccccc1)C2. The first kappa shape index (κ1) is 16.4. The van der Waals surface area contributed by atoms with Gasteiger partial charge in [-0.2, -0.15) is 0 Å². The van der Waals surface area contributed by atoms with Gasteiger partial charge in [0.05, 0.1) is 25.3 Å². The molecule has 0 N–H and O–H groups in total. The fourth-order valence-corrected chi connectivity index (χ4v) is 3.51. The van der Waals surface area contributed by atoms with Crippen molar-refractivity contribution >= 4 is 5.91 Å². The van der Waals surface area contributed by atoms with Crippen molar-refractivity contribution in [3.63, 3.8) is 0 Å². The van der Waals surface area contributed by atoms with Crippen LogP contribution in [-0.4, -0.2) is 23.1 Å². The Labute approximate surface area is 152 Å². The summed E-state index contributed by atoms with van der Waals surface area (Å²) in [4.78, 5) is 15.0. The molecule has 1 aromatic heterocycles. The van der Waals surface area contributed by atoms with Crippen molar-refractivity contribution < 1.29 is 14.1 Å². The van der Waals surface area contributed by atoms with Crippen molar-refractivity contribution in [2.75, 3.05) is 7.11 Å². The third-order valence-electron chi connectivity index (χ3n) is 4.87. The zero-order chi connectivity index (χ0) is 17.9. The Hall–Kier alpha value is -3.08. The van der Waals surface area contributed by atoms with Gasteiger partial charge in [0.2, 0.25) is 5.91 Å². The van der Waals surface area contributed by atoms with Gasteiger partial charge in [0.1, 0.15) is 12.0 Å². The molecule has 2 aromatic carbocycles. The highest BCUT2D eigenvalue weighted by atomic mass is 16.5. The molecule has 0 unspecified atom stereocenters. The topological polar surface area (TPSA) is 55.6 Å². The Morgan fingerprint density at radius 1 is 1.19 bits per heavy atom. The number of aromatic nitrogens is 1. The van der Waals surface area contributed by atoms with Crippen molar-refractivity contribution in [3.8, 4) is 5.75 Å². The van der Waals surface area contributed by atoms with E-state index in [2.05, 4.69) is 23.4 Å². The van der Waals surface area contributed by atoms with E-state index in [-0.39, 0.29) is 18.4 Å². The van der Waals surface area contributed by atoms with Gasteiger partial charge in [-0.15, -0.1) is 0 Å². The van der Waals surface area contributed by atoms with Gasteiger partial charge in [-0.3, -0.25) is 4.79 Å². The van der Waals surface area contributed by atoms with Crippen molar-refractivity contribution in [1.82, 2.24) is 10.1 Å². The minimum atomic E-state index is 0.0106. The molecule has 0 saturated carbocycles. The summed E-state index contributed by atoms with van der Waals surface area (Å²) in [5.41, 5.74) is 4.18. The van der Waals surface area contributed by atoms with Crippen LogP contribution in [0.3, 0.4) is 0 Å². The number of carbonyl (C=O) groups is 1. The summed E-state index contributed by atoms with van der Waals surface area (Å²) < 4.78 is 10.2. The van der Waals surface area contributed by atoms with Crippen LogP contribution in [0.25, 0.3) is 0 Å². The van der Waals surface area contributed by atoms with Crippen LogP contribution in [0.1, 0.15) is 28.4 Å². The minimum Gasteiger partial charge on any atom is -0.497 e. The summed E-state index contributed by atoms with van der Waals surface area (Å²) in [7, 11) is 1.66. The van der Waals surface area contributed by atoms with Crippen LogP contribution >= 0.6 is 0 Å². The first-order valence-corrected chi connectivity index (χ1v) is 8.64. The summed E-state index contributed by atoms with van der Waals surface area (Å²) in [6.45, 7) is 0.558. The summed E-state index contributed by atoms with van der Waals surface area (Å²) in [5, 5.41) is 3.88. The molecule has 0 fully saturated rings. The second kappa shape index (κ2) is 7.04. The third-order valence-corrected chi connectivity index (χ3v) is 4.87. The lowest BCUT2D eigenvalue weighted by Crippen LogP contribution is -2.39. The van der Waals surface area contributed by atoms with Crippen LogP contribution in [0.15, 0.2) is 65.4 Å². The van der Waals surface area contributed by atoms with Gasteiger partial charge in [-0.25, -0.2) is 0 Å². The maximum atomic E-state index is 13.0. The lowest BCUT2D eigenvalue weighted by Gasteiger charge is -2.37. The molecule has 0 bridgehead atoms. The van der Waals surface area contributed by atoms with E-state index in [1.54, 1.807) is 13.2 Å². The Bertz CT molecular complexity index is 891. The minimum absolute atomic E-state index is 0.0106. The molecule has 1 aliphatic heterocycles. The van der Waals surface area contributed by atoms with Gasteiger partial charge in [0.15, 0.2) is 0 Å². The Morgan fingerprint density at radius 3 is 2.77 bits per heavy atom. The van der Waals surface area contributed by atoms with E-state index in [4.69, 9.17) is 9.26 Å². The lowest BCUT2D eigenvalue weighted by molar-refractivity contribution is -0.134. The Morgan fingerprint density at radius 2 is 2.04 bits per heavy atom. The predicted molar refractivity (Wildman–Crippen MR) is 96.6 cm³/mol. The molecular weight excluding hydrogens is 328 g/mol. The number of ether oxygens (including phenoxy) is 1. The molecule has 0 spiro atoms. The molecular formula is C21H20N2O3. The van der Waals surface area contributed by atoms with E-state index in [1.807, 2.05) is 35.2 Å². The maximum absolute atomic E-state index is 13.0. The monoisotopic (exact) mass is 348 g/mol.